The number of H-pyrrole nitrogens is 1. The van der Waals surface area contributed by atoms with E-state index in [0.717, 1.165) is 27.5 Å². The number of nitrogens with zero attached hydrogens (tertiary/aromatic N) is 4. The third-order valence-corrected chi connectivity index (χ3v) is 4.69. The van der Waals surface area contributed by atoms with Gasteiger partial charge in [0.15, 0.2) is 5.65 Å². The van der Waals surface area contributed by atoms with Crippen LogP contribution in [-0.2, 0) is 5.54 Å². The molecular formula is C21H25N7O. The van der Waals surface area contributed by atoms with E-state index in [1.54, 1.807) is 0 Å². The molecule has 0 radical (unpaired) electrons. The molecule has 8 heteroatoms. The fourth-order valence-electron chi connectivity index (χ4n) is 3.38. The van der Waals surface area contributed by atoms with Gasteiger partial charge in [0.25, 0.3) is 5.91 Å². The first-order valence-corrected chi connectivity index (χ1v) is 9.59. The molecule has 0 spiro atoms. The summed E-state index contributed by atoms with van der Waals surface area (Å²) in [6.45, 7) is 10.1. The summed E-state index contributed by atoms with van der Waals surface area (Å²) in [6.07, 6.45) is 1.46. The average Bonchev–Trinajstić information content (AvgIpc) is 3.22. The number of carbonyl (C=O) groups excluding carboxylic acids is 1. The lowest BCUT2D eigenvalue weighted by molar-refractivity contribution is 0.0939. The molecule has 0 atom stereocenters. The second kappa shape index (κ2) is 6.58. The standard InChI is InChI=1S/C21H25N7O/c1-11(2)25-20(29)15-8-12-6-7-13(9-14(12)26-15)17-16-18(22)23-10-24-19(16)28(27-17)21(3,4)5/h6-11,26H,1-5H3,(H,25,29)(H2,22,23,24). The first kappa shape index (κ1) is 18.9. The topological polar surface area (TPSA) is 115 Å². The Morgan fingerprint density at radius 3 is 2.66 bits per heavy atom. The van der Waals surface area contributed by atoms with Gasteiger partial charge in [-0.1, -0.05) is 12.1 Å². The lowest BCUT2D eigenvalue weighted by Crippen LogP contribution is -2.30. The van der Waals surface area contributed by atoms with Gasteiger partial charge >= 0.3 is 0 Å². The highest BCUT2D eigenvalue weighted by molar-refractivity contribution is 6.02. The summed E-state index contributed by atoms with van der Waals surface area (Å²) in [5.74, 6) is 0.266. The molecule has 0 unspecified atom stereocenters. The van der Waals surface area contributed by atoms with Crippen molar-refractivity contribution in [3.05, 3.63) is 36.3 Å². The smallest absolute Gasteiger partial charge is 0.267 e. The van der Waals surface area contributed by atoms with Crippen molar-refractivity contribution in [2.75, 3.05) is 5.73 Å². The highest BCUT2D eigenvalue weighted by Gasteiger charge is 2.24. The summed E-state index contributed by atoms with van der Waals surface area (Å²) in [5.41, 5.74) is 9.60. The molecule has 0 bridgehead atoms. The molecule has 3 aromatic heterocycles. The van der Waals surface area contributed by atoms with Crippen LogP contribution >= 0.6 is 0 Å². The molecular weight excluding hydrogens is 366 g/mol. The van der Waals surface area contributed by atoms with Crippen LogP contribution in [0.25, 0.3) is 33.2 Å². The average molecular weight is 391 g/mol. The number of carbonyl (C=O) groups is 1. The van der Waals surface area contributed by atoms with Crippen molar-refractivity contribution < 1.29 is 4.79 Å². The fraction of sp³-hybridized carbons (Fsp3) is 0.333. The number of hydrogen-bond acceptors (Lipinski definition) is 5. The normalized spacial score (nSPS) is 12.2. The third-order valence-electron chi connectivity index (χ3n) is 4.69. The molecule has 8 nitrogen and oxygen atoms in total. The van der Waals surface area contributed by atoms with Crippen molar-refractivity contribution in [1.82, 2.24) is 30.0 Å². The second-order valence-electron chi connectivity index (χ2n) is 8.50. The van der Waals surface area contributed by atoms with E-state index in [-0.39, 0.29) is 17.5 Å². The summed E-state index contributed by atoms with van der Waals surface area (Å²) in [7, 11) is 0. The van der Waals surface area contributed by atoms with Crippen molar-refractivity contribution >= 4 is 33.7 Å². The van der Waals surface area contributed by atoms with E-state index in [1.165, 1.54) is 6.33 Å². The van der Waals surface area contributed by atoms with Gasteiger partial charge in [-0.05, 0) is 46.8 Å². The zero-order chi connectivity index (χ0) is 20.9. The summed E-state index contributed by atoms with van der Waals surface area (Å²) < 4.78 is 1.87. The minimum Gasteiger partial charge on any atom is -0.383 e. The van der Waals surface area contributed by atoms with Crippen molar-refractivity contribution in [3.63, 3.8) is 0 Å². The summed E-state index contributed by atoms with van der Waals surface area (Å²) in [6, 6.07) is 7.83. The minimum atomic E-state index is -0.268. The van der Waals surface area contributed by atoms with E-state index in [2.05, 4.69) is 41.0 Å². The SMILES string of the molecule is CC(C)NC(=O)c1cc2ccc(-c3nn(C(C)(C)C)c4ncnc(N)c34)cc2[nH]1. The highest BCUT2D eigenvalue weighted by atomic mass is 16.1. The van der Waals surface area contributed by atoms with E-state index in [4.69, 9.17) is 10.8 Å². The molecule has 4 aromatic rings. The van der Waals surface area contributed by atoms with Gasteiger partial charge < -0.3 is 16.0 Å². The number of hydrogen-bond donors (Lipinski definition) is 3. The molecule has 29 heavy (non-hydrogen) atoms. The Morgan fingerprint density at radius 1 is 1.21 bits per heavy atom. The van der Waals surface area contributed by atoms with E-state index in [0.29, 0.717) is 17.2 Å². The molecule has 4 rings (SSSR count). The van der Waals surface area contributed by atoms with Crippen LogP contribution in [0.5, 0.6) is 0 Å². The van der Waals surface area contributed by atoms with Gasteiger partial charge in [-0.2, -0.15) is 5.10 Å². The molecule has 0 saturated carbocycles. The van der Waals surface area contributed by atoms with Gasteiger partial charge in [-0.15, -0.1) is 0 Å². The maximum absolute atomic E-state index is 12.3. The van der Waals surface area contributed by atoms with Crippen LogP contribution in [-0.4, -0.2) is 36.7 Å². The van der Waals surface area contributed by atoms with Gasteiger partial charge in [-0.25, -0.2) is 14.6 Å². The molecule has 0 aliphatic heterocycles. The molecule has 150 valence electrons. The number of benzene rings is 1. The quantitative estimate of drug-likeness (QED) is 0.495. The number of amides is 1. The van der Waals surface area contributed by atoms with Crippen LogP contribution < -0.4 is 11.1 Å². The van der Waals surface area contributed by atoms with E-state index in [1.807, 2.05) is 42.8 Å². The van der Waals surface area contributed by atoms with Crippen molar-refractivity contribution in [1.29, 1.82) is 0 Å². The lowest BCUT2D eigenvalue weighted by Gasteiger charge is -2.19. The molecule has 0 fully saturated rings. The number of nitrogens with one attached hydrogen (secondary N) is 2. The Hall–Kier alpha value is -3.42. The van der Waals surface area contributed by atoms with Gasteiger partial charge in [0.05, 0.1) is 10.9 Å². The minimum absolute atomic E-state index is 0.0696. The van der Waals surface area contributed by atoms with E-state index in [9.17, 15) is 4.79 Å². The molecule has 0 saturated heterocycles. The van der Waals surface area contributed by atoms with Crippen LogP contribution in [0.4, 0.5) is 5.82 Å². The van der Waals surface area contributed by atoms with Crippen molar-refractivity contribution in [2.24, 2.45) is 0 Å². The Balaban J connectivity index is 1.87. The van der Waals surface area contributed by atoms with E-state index < -0.39 is 0 Å². The monoisotopic (exact) mass is 391 g/mol. The van der Waals surface area contributed by atoms with Crippen molar-refractivity contribution in [3.8, 4) is 11.3 Å². The Kier molecular flexibility index (Phi) is 4.29. The summed E-state index contributed by atoms with van der Waals surface area (Å²) >= 11 is 0. The highest BCUT2D eigenvalue weighted by Crippen LogP contribution is 2.34. The third kappa shape index (κ3) is 3.30. The number of anilines is 1. The van der Waals surface area contributed by atoms with Gasteiger partial charge in [0.2, 0.25) is 0 Å². The molecule has 0 aliphatic rings. The Morgan fingerprint density at radius 2 is 1.97 bits per heavy atom. The van der Waals surface area contributed by atoms with Crippen LogP contribution in [0, 0.1) is 0 Å². The summed E-state index contributed by atoms with van der Waals surface area (Å²) in [4.78, 5) is 24.1. The first-order chi connectivity index (χ1) is 13.6. The fourth-order valence-corrected chi connectivity index (χ4v) is 3.38. The lowest BCUT2D eigenvalue weighted by atomic mass is 10.1. The number of aromatic nitrogens is 5. The maximum atomic E-state index is 12.3. The van der Waals surface area contributed by atoms with E-state index >= 15 is 0 Å². The molecule has 1 aromatic carbocycles. The number of nitrogen functional groups attached to an aromatic ring is 1. The van der Waals surface area contributed by atoms with Crippen LogP contribution in [0.3, 0.4) is 0 Å². The molecule has 1 amide bonds. The second-order valence-corrected chi connectivity index (χ2v) is 8.50. The largest absolute Gasteiger partial charge is 0.383 e. The molecule has 3 heterocycles. The number of fused-ring (bicyclic) bond motifs is 2. The van der Waals surface area contributed by atoms with Crippen molar-refractivity contribution in [2.45, 2.75) is 46.2 Å². The zero-order valence-electron chi connectivity index (χ0n) is 17.2. The number of aromatic amines is 1. The predicted molar refractivity (Wildman–Crippen MR) is 115 cm³/mol. The Labute approximate surface area is 168 Å². The number of nitrogens with two attached hydrogens (primary N) is 1. The van der Waals surface area contributed by atoms with Crippen LogP contribution in [0.2, 0.25) is 0 Å². The Bertz CT molecular complexity index is 1230. The summed E-state index contributed by atoms with van der Waals surface area (Å²) in [5, 5.41) is 9.40. The maximum Gasteiger partial charge on any atom is 0.267 e. The predicted octanol–water partition coefficient (Wildman–Crippen LogP) is 3.45. The molecule has 4 N–H and O–H groups in total. The van der Waals surface area contributed by atoms with Gasteiger partial charge in [0.1, 0.15) is 23.5 Å². The van der Waals surface area contributed by atoms with Gasteiger partial charge in [-0.3, -0.25) is 4.79 Å². The zero-order valence-corrected chi connectivity index (χ0v) is 17.2. The van der Waals surface area contributed by atoms with Crippen LogP contribution in [0.1, 0.15) is 45.1 Å². The number of rotatable bonds is 3. The van der Waals surface area contributed by atoms with Crippen LogP contribution in [0.15, 0.2) is 30.6 Å². The molecule has 0 aliphatic carbocycles. The van der Waals surface area contributed by atoms with Gasteiger partial charge in [0, 0.05) is 22.5 Å². The first-order valence-electron chi connectivity index (χ1n) is 9.59.